The van der Waals surface area contributed by atoms with Crippen molar-refractivity contribution in [2.24, 2.45) is 13.0 Å². The van der Waals surface area contributed by atoms with Crippen LogP contribution in [0.1, 0.15) is 89.3 Å². The Hall–Kier alpha value is -6.88. The van der Waals surface area contributed by atoms with Crippen LogP contribution in [0.5, 0.6) is 0 Å². The minimum atomic E-state index is -0.987. The molecule has 5 aromatic heterocycles. The Balaban J connectivity index is 1.07. The highest BCUT2D eigenvalue weighted by Crippen LogP contribution is 2.56. The monoisotopic (exact) mass is 854 g/mol. The molecule has 1 saturated heterocycles. The molecule has 7 heterocycles. The molecule has 1 amide bonds. The van der Waals surface area contributed by atoms with Gasteiger partial charge in [-0.05, 0) is 117 Å². The summed E-state index contributed by atoms with van der Waals surface area (Å²) in [5, 5.41) is 15.1. The second-order valence-corrected chi connectivity index (χ2v) is 17.4. The third kappa shape index (κ3) is 5.85. The van der Waals surface area contributed by atoms with Crippen molar-refractivity contribution in [3.63, 3.8) is 0 Å². The molecule has 63 heavy (non-hydrogen) atoms. The number of aromatic nitrogens is 9. The largest absolute Gasteiger partial charge is 0.438 e. The number of nitrogens with one attached hydrogen (secondary N) is 1. The predicted molar refractivity (Wildman–Crippen MR) is 228 cm³/mol. The van der Waals surface area contributed by atoms with E-state index < -0.39 is 17.3 Å². The van der Waals surface area contributed by atoms with Gasteiger partial charge in [0.25, 0.3) is 5.91 Å². The van der Waals surface area contributed by atoms with Crippen molar-refractivity contribution < 1.29 is 22.8 Å². The van der Waals surface area contributed by atoms with Gasteiger partial charge in [-0.1, -0.05) is 12.1 Å². The van der Waals surface area contributed by atoms with E-state index in [0.717, 1.165) is 10.9 Å². The first-order valence-electron chi connectivity index (χ1n) is 21.3. The van der Waals surface area contributed by atoms with E-state index in [4.69, 9.17) is 14.4 Å². The Labute approximate surface area is 358 Å². The molecule has 15 nitrogen and oxygen atoms in total. The molecule has 2 aliphatic heterocycles. The van der Waals surface area contributed by atoms with E-state index in [1.807, 2.05) is 55.8 Å². The molecule has 1 aliphatic carbocycles. The first-order valence-corrected chi connectivity index (χ1v) is 21.3. The van der Waals surface area contributed by atoms with Gasteiger partial charge in [0.1, 0.15) is 28.7 Å². The number of benzene rings is 3. The highest BCUT2D eigenvalue weighted by Gasteiger charge is 2.59. The van der Waals surface area contributed by atoms with Crippen LogP contribution in [0.15, 0.2) is 81.2 Å². The van der Waals surface area contributed by atoms with Gasteiger partial charge in [0.05, 0.1) is 40.3 Å². The van der Waals surface area contributed by atoms with E-state index in [1.54, 1.807) is 63.4 Å². The quantitative estimate of drug-likeness (QED) is 0.187. The first kappa shape index (κ1) is 39.0. The number of nitrogens with zero attached hydrogens (tertiary/aromatic N) is 9. The van der Waals surface area contributed by atoms with E-state index in [0.29, 0.717) is 101 Å². The fraction of sp³-hybridized carbons (Fsp3) is 0.348. The average Bonchev–Trinajstić information content (AvgIpc) is 3.90. The summed E-state index contributed by atoms with van der Waals surface area (Å²) in [6.45, 7) is 8.64. The lowest BCUT2D eigenvalue weighted by molar-refractivity contribution is 0.0663. The smallest absolute Gasteiger partial charge is 0.381 e. The van der Waals surface area contributed by atoms with Gasteiger partial charge in [-0.15, -0.1) is 0 Å². The van der Waals surface area contributed by atoms with Crippen LogP contribution < -0.4 is 11.4 Å². The maximum absolute atomic E-state index is 16.3. The van der Waals surface area contributed by atoms with Gasteiger partial charge in [0.2, 0.25) is 0 Å². The summed E-state index contributed by atoms with van der Waals surface area (Å²) in [6.07, 6.45) is 7.35. The molecule has 0 unspecified atom stereocenters. The molecular formula is C46H44F2N10O5. The SMILES string of the molecule is Cc1cc(-n2nc3c(c2-n2ccn(-c4ccc5c(cnn5C)c4)c2=O)[C@H](C)N(C(=O)c2cc4cc(C5CCOCC5)c(F)cc4n2[C@@]2(c4noc(=O)[nH]4)C[C@@H]2C)CC3)cc(C)c1F. The van der Waals surface area contributed by atoms with Crippen LogP contribution in [0.4, 0.5) is 8.78 Å². The molecule has 8 aromatic rings. The average molecular weight is 855 g/mol. The van der Waals surface area contributed by atoms with Crippen LogP contribution in [0.25, 0.3) is 39.0 Å². The summed E-state index contributed by atoms with van der Waals surface area (Å²) < 4.78 is 50.3. The van der Waals surface area contributed by atoms with Crippen LogP contribution in [0.2, 0.25) is 0 Å². The van der Waals surface area contributed by atoms with Crippen LogP contribution >= 0.6 is 0 Å². The van der Waals surface area contributed by atoms with Gasteiger partial charge in [-0.25, -0.2) is 23.1 Å². The zero-order chi connectivity index (χ0) is 43.6. The number of ether oxygens (including phenoxy) is 1. The molecule has 17 heteroatoms. The van der Waals surface area contributed by atoms with Crippen LogP contribution in [-0.2, 0) is 23.7 Å². The van der Waals surface area contributed by atoms with E-state index >= 15 is 13.6 Å². The zero-order valence-electron chi connectivity index (χ0n) is 35.4. The minimum absolute atomic E-state index is 0.0351. The van der Waals surface area contributed by atoms with Crippen molar-refractivity contribution in [1.29, 1.82) is 0 Å². The molecule has 11 rings (SSSR count). The van der Waals surface area contributed by atoms with Gasteiger partial charge in [0, 0.05) is 62.0 Å². The molecule has 1 saturated carbocycles. The van der Waals surface area contributed by atoms with Crippen molar-refractivity contribution in [3.8, 4) is 17.2 Å². The first-order chi connectivity index (χ1) is 30.3. The number of fused-ring (bicyclic) bond motifs is 3. The Morgan fingerprint density at radius 3 is 2.38 bits per heavy atom. The Morgan fingerprint density at radius 2 is 1.67 bits per heavy atom. The van der Waals surface area contributed by atoms with Gasteiger partial charge in [-0.2, -0.15) is 10.2 Å². The molecule has 0 bridgehead atoms. The van der Waals surface area contributed by atoms with Crippen molar-refractivity contribution in [2.45, 2.75) is 70.9 Å². The minimum Gasteiger partial charge on any atom is -0.381 e. The Bertz CT molecular complexity index is 3280. The molecular weight excluding hydrogens is 811 g/mol. The fourth-order valence-corrected chi connectivity index (χ4v) is 10.3. The number of H-pyrrole nitrogens is 1. The van der Waals surface area contributed by atoms with E-state index in [1.165, 1.54) is 10.6 Å². The molecule has 3 aliphatic rings. The zero-order valence-corrected chi connectivity index (χ0v) is 35.4. The third-order valence-corrected chi connectivity index (χ3v) is 13.7. The van der Waals surface area contributed by atoms with Crippen molar-refractivity contribution in [1.82, 2.24) is 48.3 Å². The summed E-state index contributed by atoms with van der Waals surface area (Å²) >= 11 is 0. The number of carbonyl (C=O) groups excluding carboxylic acids is 1. The van der Waals surface area contributed by atoms with Gasteiger partial charge >= 0.3 is 11.4 Å². The maximum Gasteiger partial charge on any atom is 0.438 e. The third-order valence-electron chi connectivity index (χ3n) is 13.7. The Kier molecular flexibility index (Phi) is 8.71. The summed E-state index contributed by atoms with van der Waals surface area (Å²) in [4.78, 5) is 47.0. The summed E-state index contributed by atoms with van der Waals surface area (Å²) in [6, 6.07) is 13.6. The number of aromatic amines is 1. The van der Waals surface area contributed by atoms with E-state index in [9.17, 15) is 9.59 Å². The maximum atomic E-state index is 16.3. The van der Waals surface area contributed by atoms with Crippen molar-refractivity contribution >= 4 is 27.7 Å². The highest BCUT2D eigenvalue weighted by molar-refractivity contribution is 6.00. The number of rotatable bonds is 7. The molecule has 2 fully saturated rings. The predicted octanol–water partition coefficient (Wildman–Crippen LogP) is 6.66. The summed E-state index contributed by atoms with van der Waals surface area (Å²) in [5.74, 6) is -1.21. The number of hydrogen-bond donors (Lipinski definition) is 1. The fourth-order valence-electron chi connectivity index (χ4n) is 10.3. The molecule has 0 spiro atoms. The van der Waals surface area contributed by atoms with Gasteiger partial charge < -0.3 is 14.2 Å². The number of halogens is 2. The van der Waals surface area contributed by atoms with Gasteiger partial charge in [-0.3, -0.25) is 28.1 Å². The molecule has 3 aromatic carbocycles. The number of aryl methyl sites for hydroxylation is 3. The number of carbonyl (C=O) groups is 1. The van der Waals surface area contributed by atoms with Crippen molar-refractivity contribution in [2.75, 3.05) is 19.8 Å². The summed E-state index contributed by atoms with van der Waals surface area (Å²) in [7, 11) is 1.86. The molecule has 3 atom stereocenters. The van der Waals surface area contributed by atoms with Crippen LogP contribution in [0, 0.1) is 31.4 Å². The normalized spacial score (nSPS) is 20.3. The standard InChI is InChI=1S/C46H44F2N10O5/c1-24-16-32(17-25(2)40(24)48)58-41(56-13-12-55(45(56)61)31-6-7-36-30(18-31)23-49-53(36)5)39-27(4)54(11-8-35(39)51-58)42(59)38-20-29-19-33(28-9-14-62-15-10-28)34(47)21-37(29)57(38)46(22-26(46)3)43-50-44(60)63-52-43/h6-7,12-13,16-21,23,26-28H,8-11,14-15,22H2,1-5H3,(H,50,52,60)/t26-,27-,46-/m0/s1. The lowest BCUT2D eigenvalue weighted by Gasteiger charge is -2.34. The topological polar surface area (TPSA) is 156 Å². The van der Waals surface area contributed by atoms with Gasteiger partial charge in [0.15, 0.2) is 5.82 Å². The number of hydrogen-bond acceptors (Lipinski definition) is 8. The molecule has 322 valence electrons. The highest BCUT2D eigenvalue weighted by atomic mass is 19.1. The molecule has 0 radical (unpaired) electrons. The second-order valence-electron chi connectivity index (χ2n) is 17.4. The second kappa shape index (κ2) is 14.1. The van der Waals surface area contributed by atoms with Crippen molar-refractivity contribution in [3.05, 3.63) is 139 Å². The van der Waals surface area contributed by atoms with E-state index in [-0.39, 0.29) is 47.4 Å². The Morgan fingerprint density at radius 1 is 0.921 bits per heavy atom. The number of amides is 1. The van der Waals surface area contributed by atoms with Crippen LogP contribution in [0.3, 0.4) is 0 Å². The van der Waals surface area contributed by atoms with E-state index in [2.05, 4.69) is 15.2 Å². The number of imidazole rings is 1. The summed E-state index contributed by atoms with van der Waals surface area (Å²) in [5.41, 5.74) is 4.31. The lowest BCUT2D eigenvalue weighted by Crippen LogP contribution is -2.41. The molecule has 1 N–H and O–H groups in total. The van der Waals surface area contributed by atoms with Crippen LogP contribution in [-0.4, -0.2) is 74.0 Å². The lowest BCUT2D eigenvalue weighted by atomic mass is 9.90.